The predicted octanol–water partition coefficient (Wildman–Crippen LogP) is 1.11. The zero-order chi connectivity index (χ0) is 17.6. The average Bonchev–Trinajstić information content (AvgIpc) is 2.10. The zero-order valence-corrected chi connectivity index (χ0v) is 15.8. The number of carbonyl (C=O) groups excluding carboxylic acids is 6. The fourth-order valence-electron chi connectivity index (χ4n) is 0.859. The van der Waals surface area contributed by atoms with E-state index in [1.165, 1.54) is 41.5 Å². The van der Waals surface area contributed by atoms with Crippen molar-refractivity contribution >= 4 is 34.7 Å². The smallest absolute Gasteiger partial charge is 0.334 e. The second kappa shape index (κ2) is 18.0. The summed E-state index contributed by atoms with van der Waals surface area (Å²) in [5.41, 5.74) is 0. The van der Waals surface area contributed by atoms with Gasteiger partial charge in [0, 0.05) is 34.7 Å². The molecule has 0 N–H and O–H groups in total. The summed E-state index contributed by atoms with van der Waals surface area (Å²) in [5.74, 6) is -1.12. The van der Waals surface area contributed by atoms with Crippen molar-refractivity contribution in [1.29, 1.82) is 0 Å². The van der Waals surface area contributed by atoms with Crippen molar-refractivity contribution in [3.63, 3.8) is 0 Å². The maximum absolute atomic E-state index is 9.98. The molecule has 1 radical (unpaired) electrons. The van der Waals surface area contributed by atoms with Crippen LogP contribution in [0.1, 0.15) is 41.5 Å². The Morgan fingerprint density at radius 3 is 0.500 bits per heavy atom. The molecule has 0 fully saturated rings. The minimum Gasteiger partial charge on any atom is -0.334 e. The summed E-state index contributed by atoms with van der Waals surface area (Å²) in [7, 11) is 0. The van der Waals surface area contributed by atoms with Crippen LogP contribution in [0.3, 0.4) is 0 Å². The first-order valence-electron chi connectivity index (χ1n) is 5.96. The van der Waals surface area contributed by atoms with Gasteiger partial charge in [0.25, 0.3) is 0 Å². The van der Waals surface area contributed by atoms with E-state index in [0.29, 0.717) is 0 Å². The Morgan fingerprint density at radius 1 is 0.409 bits per heavy atom. The van der Waals surface area contributed by atoms with E-state index in [9.17, 15) is 28.8 Å². The van der Waals surface area contributed by atoms with Crippen molar-refractivity contribution in [1.82, 2.24) is 0 Å². The third kappa shape index (κ3) is 50.9. The Hall–Kier alpha value is -1.05. The van der Waals surface area contributed by atoms with Crippen LogP contribution in [0.25, 0.3) is 0 Å². The van der Waals surface area contributed by atoms with Crippen LogP contribution in [0.4, 0.5) is 0 Å². The molecule has 0 aromatic carbocycles. The third-order valence-electron chi connectivity index (χ3n) is 1.22. The molecule has 0 bridgehead atoms. The summed E-state index contributed by atoms with van der Waals surface area (Å²) in [6.45, 7) is 8.09. The number of hydrogen-bond donors (Lipinski definition) is 0. The van der Waals surface area contributed by atoms with E-state index >= 15 is 0 Å². The SMILES string of the molecule is CC(=O)[CH-]C(C)=O.CC(=O)[CH-]C(C)=O.CC(=O)[CH-]C(C)=O.[Gd+3]. The van der Waals surface area contributed by atoms with Crippen LogP contribution in [-0.2, 0) is 28.8 Å². The summed E-state index contributed by atoms with van der Waals surface area (Å²) in [6, 6.07) is 0. The van der Waals surface area contributed by atoms with Gasteiger partial charge in [-0.3, -0.25) is 19.3 Å². The molecule has 6 nitrogen and oxygen atoms in total. The number of Topliss-reactive ketones (excluding diaryl/α,β-unsaturated/α-hetero) is 6. The van der Waals surface area contributed by atoms with Crippen LogP contribution >= 0.6 is 0 Å². The van der Waals surface area contributed by atoms with Gasteiger partial charge in [-0.2, -0.15) is 0 Å². The molecule has 0 atom stereocenters. The summed E-state index contributed by atoms with van der Waals surface area (Å²) in [5, 5.41) is 0. The molecule has 0 aliphatic heterocycles. The standard InChI is InChI=1S/3C5H7O2.Gd/c3*1-4(6)3-5(2)7;/h3*3H,1-2H3;/q3*-1;+3. The molecule has 0 aliphatic carbocycles. The van der Waals surface area contributed by atoms with Gasteiger partial charge in [0.1, 0.15) is 0 Å². The van der Waals surface area contributed by atoms with Gasteiger partial charge < -0.3 is 28.8 Å². The van der Waals surface area contributed by atoms with E-state index in [2.05, 4.69) is 0 Å². The second-order valence-corrected chi connectivity index (χ2v) is 4.10. The van der Waals surface area contributed by atoms with Crippen LogP contribution in [0.15, 0.2) is 0 Å². The van der Waals surface area contributed by atoms with Crippen LogP contribution < -0.4 is 0 Å². The molecule has 0 aromatic rings. The van der Waals surface area contributed by atoms with Crippen LogP contribution in [0, 0.1) is 59.2 Å². The van der Waals surface area contributed by atoms with E-state index in [1.54, 1.807) is 0 Å². The van der Waals surface area contributed by atoms with Gasteiger partial charge in [0.05, 0.1) is 0 Å². The third-order valence-corrected chi connectivity index (χ3v) is 1.22. The Bertz CT molecular complexity index is 314. The maximum atomic E-state index is 9.98. The van der Waals surface area contributed by atoms with Crippen molar-refractivity contribution < 1.29 is 68.7 Å². The van der Waals surface area contributed by atoms with Crippen LogP contribution in [0.5, 0.6) is 0 Å². The molecule has 0 aliphatic rings. The first-order chi connectivity index (χ1) is 9.38. The molecule has 0 spiro atoms. The van der Waals surface area contributed by atoms with E-state index in [1.807, 2.05) is 0 Å². The Labute approximate surface area is 163 Å². The normalized spacial score (nSPS) is 7.36. The predicted molar refractivity (Wildman–Crippen MR) is 77.0 cm³/mol. The molecule has 22 heavy (non-hydrogen) atoms. The number of rotatable bonds is 6. The minimum atomic E-state index is -0.187. The largest absolute Gasteiger partial charge is 3.00 e. The second-order valence-electron chi connectivity index (χ2n) is 4.10. The summed E-state index contributed by atoms with van der Waals surface area (Å²) >= 11 is 0. The molecule has 0 saturated carbocycles. The molecule has 0 saturated heterocycles. The van der Waals surface area contributed by atoms with Crippen LogP contribution in [-0.4, -0.2) is 34.7 Å². The van der Waals surface area contributed by atoms with Crippen molar-refractivity contribution in [2.75, 3.05) is 0 Å². The molecule has 0 heterocycles. The monoisotopic (exact) mass is 455 g/mol. The average molecular weight is 455 g/mol. The van der Waals surface area contributed by atoms with E-state index in [-0.39, 0.29) is 74.6 Å². The Balaban J connectivity index is -0.000000108. The van der Waals surface area contributed by atoms with Crippen molar-refractivity contribution in [3.8, 4) is 0 Å². The topological polar surface area (TPSA) is 102 Å². The molecule has 125 valence electrons. The maximum Gasteiger partial charge on any atom is 3.00 e. The van der Waals surface area contributed by atoms with Gasteiger partial charge >= 0.3 is 39.9 Å². The quantitative estimate of drug-likeness (QED) is 0.440. The fourth-order valence-corrected chi connectivity index (χ4v) is 0.859. The first-order valence-corrected chi connectivity index (χ1v) is 5.96. The van der Waals surface area contributed by atoms with E-state index in [4.69, 9.17) is 0 Å². The van der Waals surface area contributed by atoms with E-state index in [0.717, 1.165) is 19.3 Å². The molecule has 7 heteroatoms. The van der Waals surface area contributed by atoms with Crippen molar-refractivity contribution in [3.05, 3.63) is 19.3 Å². The van der Waals surface area contributed by atoms with Gasteiger partial charge in [-0.05, 0) is 41.5 Å². The van der Waals surface area contributed by atoms with Gasteiger partial charge in [-0.1, -0.05) is 0 Å². The van der Waals surface area contributed by atoms with Gasteiger partial charge in [0.2, 0.25) is 0 Å². The first kappa shape index (κ1) is 29.0. The Morgan fingerprint density at radius 2 is 0.500 bits per heavy atom. The van der Waals surface area contributed by atoms with Gasteiger partial charge in [0.15, 0.2) is 0 Å². The van der Waals surface area contributed by atoms with E-state index < -0.39 is 0 Å². The van der Waals surface area contributed by atoms with Crippen LogP contribution in [0.2, 0.25) is 0 Å². The molecule has 0 unspecified atom stereocenters. The molecule has 0 aromatic heterocycles. The zero-order valence-electron chi connectivity index (χ0n) is 13.5. The molecular weight excluding hydrogens is 433 g/mol. The Kier molecular flexibility index (Phi) is 23.8. The van der Waals surface area contributed by atoms with Crippen molar-refractivity contribution in [2.45, 2.75) is 41.5 Å². The molecule has 0 rings (SSSR count). The summed E-state index contributed by atoms with van der Waals surface area (Å²) in [6.07, 6.45) is 3.17. The fraction of sp³-hybridized carbons (Fsp3) is 0.400. The minimum absolute atomic E-state index is 0. The number of carbonyl (C=O) groups is 6. The van der Waals surface area contributed by atoms with Gasteiger partial charge in [-0.25, -0.2) is 0 Å². The molecular formula is C15H21GdO6. The van der Waals surface area contributed by atoms with Crippen molar-refractivity contribution in [2.24, 2.45) is 0 Å². The molecule has 0 amide bonds. The van der Waals surface area contributed by atoms with Gasteiger partial charge in [-0.15, -0.1) is 0 Å². The summed E-state index contributed by atoms with van der Waals surface area (Å²) < 4.78 is 0. The summed E-state index contributed by atoms with van der Waals surface area (Å²) in [4.78, 5) is 59.9. The number of hydrogen-bond acceptors (Lipinski definition) is 6. The number of ketones is 6.